The minimum atomic E-state index is -0.526. The highest BCUT2D eigenvalue weighted by molar-refractivity contribution is 9.10. The molecule has 5 rings (SSSR count). The van der Waals surface area contributed by atoms with Crippen LogP contribution >= 0.6 is 15.9 Å². The molecule has 1 unspecified atom stereocenters. The molecule has 0 fully saturated rings. The van der Waals surface area contributed by atoms with Crippen LogP contribution in [0.3, 0.4) is 0 Å². The molecule has 41 heavy (non-hydrogen) atoms. The van der Waals surface area contributed by atoms with Crippen molar-refractivity contribution in [1.29, 1.82) is 0 Å². The average Bonchev–Trinajstić information content (AvgIpc) is 2.99. The van der Waals surface area contributed by atoms with Gasteiger partial charge in [0.2, 0.25) is 0 Å². The van der Waals surface area contributed by atoms with Gasteiger partial charge in [-0.15, -0.1) is 0 Å². The van der Waals surface area contributed by atoms with Crippen LogP contribution in [-0.4, -0.2) is 27.1 Å². The van der Waals surface area contributed by atoms with Crippen LogP contribution < -0.4 is 15.6 Å². The topological polar surface area (TPSA) is 76.5 Å². The molecule has 5 aromatic rings. The van der Waals surface area contributed by atoms with Crippen LogP contribution in [0.1, 0.15) is 37.7 Å². The van der Waals surface area contributed by atoms with E-state index >= 15 is 0 Å². The number of hydrogen-bond acceptors (Lipinski definition) is 4. The maximum atomic E-state index is 14.0. The predicted molar refractivity (Wildman–Crippen MR) is 167 cm³/mol. The molecule has 8 heteroatoms. The summed E-state index contributed by atoms with van der Waals surface area (Å²) in [6.07, 6.45) is 0.526. The van der Waals surface area contributed by atoms with Crippen molar-refractivity contribution in [2.45, 2.75) is 32.9 Å². The fourth-order valence-electron chi connectivity index (χ4n) is 4.88. The maximum Gasteiger partial charge on any atom is 0.322 e. The summed E-state index contributed by atoms with van der Waals surface area (Å²) in [7, 11) is 0. The van der Waals surface area contributed by atoms with Crippen LogP contribution in [0.5, 0.6) is 5.75 Å². The Kier molecular flexibility index (Phi) is 8.79. The van der Waals surface area contributed by atoms with Gasteiger partial charge in [0.1, 0.15) is 11.6 Å². The summed E-state index contributed by atoms with van der Waals surface area (Å²) >= 11 is 3.53. The van der Waals surface area contributed by atoms with Crippen molar-refractivity contribution in [3.05, 3.63) is 129 Å². The van der Waals surface area contributed by atoms with Crippen molar-refractivity contribution in [2.24, 2.45) is 0 Å². The van der Waals surface area contributed by atoms with E-state index in [-0.39, 0.29) is 11.6 Å². The van der Waals surface area contributed by atoms with E-state index in [0.717, 1.165) is 10.0 Å². The normalized spacial score (nSPS) is 11.7. The second kappa shape index (κ2) is 12.8. The van der Waals surface area contributed by atoms with E-state index < -0.39 is 6.04 Å². The molecule has 7 nitrogen and oxygen atoms in total. The van der Waals surface area contributed by atoms with E-state index in [1.165, 1.54) is 0 Å². The number of aromatic nitrogens is 2. The van der Waals surface area contributed by atoms with E-state index in [4.69, 9.17) is 9.72 Å². The molecule has 1 aromatic heterocycles. The number of para-hydroxylation sites is 2. The second-order valence-electron chi connectivity index (χ2n) is 9.50. The van der Waals surface area contributed by atoms with Gasteiger partial charge in [-0.25, -0.2) is 9.78 Å². The smallest absolute Gasteiger partial charge is 0.322 e. The molecular formula is C33H31BrN4O3. The standard InChI is InChI=1S/C33H31BrN4O3/c1-3-30(37(22-23-12-6-5-7-13-23)33(40)36-29-17-11-9-15-27(29)34)31-35-28-16-10-8-14-26(28)32(39)38(31)24-18-20-25(21-19-24)41-4-2/h5-21,30H,3-4,22H2,1-2H3,(H,36,40). The van der Waals surface area contributed by atoms with E-state index in [1.807, 2.05) is 111 Å². The minimum Gasteiger partial charge on any atom is -0.494 e. The lowest BCUT2D eigenvalue weighted by Crippen LogP contribution is -2.40. The lowest BCUT2D eigenvalue weighted by molar-refractivity contribution is 0.177. The Morgan fingerprint density at radius 1 is 0.927 bits per heavy atom. The molecule has 208 valence electrons. The first kappa shape index (κ1) is 28.1. The summed E-state index contributed by atoms with van der Waals surface area (Å²) in [4.78, 5) is 34.8. The van der Waals surface area contributed by atoms with Crippen LogP contribution in [0.4, 0.5) is 10.5 Å². The number of nitrogens with zero attached hydrogens (tertiary/aromatic N) is 3. The van der Waals surface area contributed by atoms with Gasteiger partial charge >= 0.3 is 6.03 Å². The number of ether oxygens (including phenoxy) is 1. The third-order valence-electron chi connectivity index (χ3n) is 6.84. The van der Waals surface area contributed by atoms with Gasteiger partial charge in [0.15, 0.2) is 0 Å². The van der Waals surface area contributed by atoms with E-state index in [2.05, 4.69) is 21.2 Å². The number of urea groups is 1. The van der Waals surface area contributed by atoms with Gasteiger partial charge in [0, 0.05) is 11.0 Å². The summed E-state index contributed by atoms with van der Waals surface area (Å²) in [5.41, 5.74) is 2.65. The van der Waals surface area contributed by atoms with Gasteiger partial charge in [-0.05, 0) is 83.4 Å². The van der Waals surface area contributed by atoms with E-state index in [0.29, 0.717) is 53.4 Å². The predicted octanol–water partition coefficient (Wildman–Crippen LogP) is 7.73. The van der Waals surface area contributed by atoms with Gasteiger partial charge in [-0.1, -0.05) is 61.5 Å². The van der Waals surface area contributed by atoms with Crippen molar-refractivity contribution >= 4 is 38.6 Å². The number of nitrogens with one attached hydrogen (secondary N) is 1. The molecule has 0 saturated carbocycles. The number of hydrogen-bond donors (Lipinski definition) is 1. The molecule has 0 aliphatic heterocycles. The number of fused-ring (bicyclic) bond motifs is 1. The number of anilines is 1. The van der Waals surface area contributed by atoms with Gasteiger partial charge in [0.25, 0.3) is 5.56 Å². The molecule has 1 N–H and O–H groups in total. The molecular weight excluding hydrogens is 580 g/mol. The fourth-order valence-corrected chi connectivity index (χ4v) is 5.26. The number of rotatable bonds is 9. The van der Waals surface area contributed by atoms with Gasteiger partial charge in [-0.3, -0.25) is 9.36 Å². The van der Waals surface area contributed by atoms with Crippen LogP contribution in [0.15, 0.2) is 112 Å². The Balaban J connectivity index is 1.67. The van der Waals surface area contributed by atoms with Crippen LogP contribution in [-0.2, 0) is 6.54 Å². The second-order valence-corrected chi connectivity index (χ2v) is 10.4. The van der Waals surface area contributed by atoms with Crippen molar-refractivity contribution in [1.82, 2.24) is 14.5 Å². The lowest BCUT2D eigenvalue weighted by atomic mass is 10.1. The SMILES string of the molecule is CCOc1ccc(-n2c(C(CC)N(Cc3ccccc3)C(=O)Nc3ccccc3Br)nc3ccccc3c2=O)cc1. The molecule has 4 aromatic carbocycles. The zero-order chi connectivity index (χ0) is 28.8. The molecule has 0 aliphatic carbocycles. The highest BCUT2D eigenvalue weighted by atomic mass is 79.9. The zero-order valence-electron chi connectivity index (χ0n) is 23.0. The highest BCUT2D eigenvalue weighted by Gasteiger charge is 2.30. The van der Waals surface area contributed by atoms with Crippen LogP contribution in [0.2, 0.25) is 0 Å². The lowest BCUT2D eigenvalue weighted by Gasteiger charge is -2.32. The largest absolute Gasteiger partial charge is 0.494 e. The summed E-state index contributed by atoms with van der Waals surface area (Å²) in [5.74, 6) is 1.20. The summed E-state index contributed by atoms with van der Waals surface area (Å²) in [6, 6.07) is 31.2. The number of amides is 2. The number of carbonyl (C=O) groups excluding carboxylic acids is 1. The molecule has 0 spiro atoms. The van der Waals surface area contributed by atoms with Crippen LogP contribution in [0.25, 0.3) is 16.6 Å². The minimum absolute atomic E-state index is 0.195. The van der Waals surface area contributed by atoms with Crippen molar-refractivity contribution < 1.29 is 9.53 Å². The van der Waals surface area contributed by atoms with Crippen molar-refractivity contribution in [3.8, 4) is 11.4 Å². The summed E-state index contributed by atoms with van der Waals surface area (Å²) in [5, 5.41) is 3.56. The fraction of sp³-hybridized carbons (Fsp3) is 0.182. The van der Waals surface area contributed by atoms with Gasteiger partial charge in [-0.2, -0.15) is 0 Å². The zero-order valence-corrected chi connectivity index (χ0v) is 24.5. The molecule has 0 radical (unpaired) electrons. The Morgan fingerprint density at radius 3 is 2.32 bits per heavy atom. The first-order valence-electron chi connectivity index (χ1n) is 13.6. The molecule has 1 heterocycles. The third-order valence-corrected chi connectivity index (χ3v) is 7.53. The quantitative estimate of drug-likeness (QED) is 0.185. The van der Waals surface area contributed by atoms with Gasteiger partial charge < -0.3 is 15.0 Å². The number of halogens is 1. The highest BCUT2D eigenvalue weighted by Crippen LogP contribution is 2.30. The van der Waals surface area contributed by atoms with Crippen molar-refractivity contribution in [3.63, 3.8) is 0 Å². The Bertz CT molecular complexity index is 1700. The number of benzene rings is 4. The van der Waals surface area contributed by atoms with Crippen LogP contribution in [0, 0.1) is 0 Å². The van der Waals surface area contributed by atoms with E-state index in [1.54, 1.807) is 15.5 Å². The molecule has 1 atom stereocenters. The monoisotopic (exact) mass is 610 g/mol. The molecule has 2 amide bonds. The van der Waals surface area contributed by atoms with E-state index in [9.17, 15) is 9.59 Å². The van der Waals surface area contributed by atoms with Crippen molar-refractivity contribution in [2.75, 3.05) is 11.9 Å². The maximum absolute atomic E-state index is 14.0. The molecule has 0 bridgehead atoms. The Labute approximate surface area is 247 Å². The molecule has 0 aliphatic rings. The first-order chi connectivity index (χ1) is 20.0. The average molecular weight is 612 g/mol. The summed E-state index contributed by atoms with van der Waals surface area (Å²) in [6.45, 7) is 4.79. The Hall–Kier alpha value is -4.43. The third kappa shape index (κ3) is 6.18. The van der Waals surface area contributed by atoms with Gasteiger partial charge in [0.05, 0.1) is 34.9 Å². The molecule has 0 saturated heterocycles. The summed E-state index contributed by atoms with van der Waals surface area (Å²) < 4.78 is 8.03. The Morgan fingerprint density at radius 2 is 1.61 bits per heavy atom. The first-order valence-corrected chi connectivity index (χ1v) is 14.4. The number of carbonyl (C=O) groups is 1.